The van der Waals surface area contributed by atoms with E-state index in [0.717, 1.165) is 0 Å². The second-order valence-electron chi connectivity index (χ2n) is 2.45. The van der Waals surface area contributed by atoms with Gasteiger partial charge < -0.3 is 15.8 Å². The molecule has 4 nitrogen and oxygen atoms in total. The van der Waals surface area contributed by atoms with Crippen LogP contribution in [0.1, 0.15) is 0 Å². The predicted octanol–water partition coefficient (Wildman–Crippen LogP) is 1.01. The Labute approximate surface area is 88.8 Å². The number of hydrogen-bond donors (Lipinski definition) is 2. The molecular formula is C9H13ClN2O2. The van der Waals surface area contributed by atoms with Crippen molar-refractivity contribution >= 4 is 24.0 Å². The Morgan fingerprint density at radius 2 is 2.14 bits per heavy atom. The second kappa shape index (κ2) is 6.23. The molecule has 14 heavy (non-hydrogen) atoms. The number of carbonyl (C=O) groups excluding carboxylic acids is 1. The van der Waals surface area contributed by atoms with Crippen molar-refractivity contribution in [3.63, 3.8) is 0 Å². The third-order valence-electron chi connectivity index (χ3n) is 1.57. The Morgan fingerprint density at radius 3 is 2.71 bits per heavy atom. The number of hydrogen-bond acceptors (Lipinski definition) is 3. The Balaban J connectivity index is 0.00000169. The molecule has 0 aliphatic rings. The van der Waals surface area contributed by atoms with Crippen LogP contribution in [-0.2, 0) is 4.79 Å². The minimum absolute atomic E-state index is 0. The Morgan fingerprint density at radius 1 is 1.50 bits per heavy atom. The van der Waals surface area contributed by atoms with Gasteiger partial charge in [0, 0.05) is 0 Å². The number of benzene rings is 1. The van der Waals surface area contributed by atoms with Crippen molar-refractivity contribution in [3.05, 3.63) is 24.3 Å². The monoisotopic (exact) mass is 216 g/mol. The Kier molecular flexibility index (Phi) is 5.67. The molecule has 0 fully saturated rings. The third-order valence-corrected chi connectivity index (χ3v) is 1.57. The number of anilines is 1. The fourth-order valence-electron chi connectivity index (χ4n) is 0.949. The number of methoxy groups -OCH3 is 1. The molecule has 5 heteroatoms. The van der Waals surface area contributed by atoms with Gasteiger partial charge in [-0.15, -0.1) is 12.4 Å². The lowest BCUT2D eigenvalue weighted by molar-refractivity contribution is -0.114. The van der Waals surface area contributed by atoms with Crippen LogP contribution in [0.2, 0.25) is 0 Å². The summed E-state index contributed by atoms with van der Waals surface area (Å²) in [7, 11) is 1.55. The van der Waals surface area contributed by atoms with E-state index < -0.39 is 0 Å². The number of carbonyl (C=O) groups is 1. The third kappa shape index (κ3) is 3.24. The molecule has 0 bridgehead atoms. The zero-order chi connectivity index (χ0) is 9.68. The van der Waals surface area contributed by atoms with Gasteiger partial charge in [-0.3, -0.25) is 4.79 Å². The van der Waals surface area contributed by atoms with Gasteiger partial charge in [0.05, 0.1) is 19.3 Å². The van der Waals surface area contributed by atoms with Crippen molar-refractivity contribution in [2.45, 2.75) is 0 Å². The maximum atomic E-state index is 11.0. The quantitative estimate of drug-likeness (QED) is 0.793. The number of para-hydroxylation sites is 2. The number of amides is 1. The van der Waals surface area contributed by atoms with Crippen molar-refractivity contribution in [3.8, 4) is 5.75 Å². The molecule has 0 atom stereocenters. The average Bonchev–Trinajstić information content (AvgIpc) is 2.18. The number of ether oxygens (including phenoxy) is 1. The van der Waals surface area contributed by atoms with Crippen LogP contribution < -0.4 is 15.8 Å². The predicted molar refractivity (Wildman–Crippen MR) is 57.9 cm³/mol. The van der Waals surface area contributed by atoms with Gasteiger partial charge in [-0.05, 0) is 12.1 Å². The fraction of sp³-hybridized carbons (Fsp3) is 0.222. The molecule has 1 aromatic carbocycles. The largest absolute Gasteiger partial charge is 0.495 e. The lowest BCUT2D eigenvalue weighted by atomic mass is 10.3. The van der Waals surface area contributed by atoms with Gasteiger partial charge in [0.25, 0.3) is 0 Å². The van der Waals surface area contributed by atoms with Crippen molar-refractivity contribution in [1.29, 1.82) is 0 Å². The van der Waals surface area contributed by atoms with E-state index in [1.54, 1.807) is 19.2 Å². The van der Waals surface area contributed by atoms with Crippen molar-refractivity contribution < 1.29 is 9.53 Å². The van der Waals surface area contributed by atoms with E-state index in [-0.39, 0.29) is 24.9 Å². The van der Waals surface area contributed by atoms with Crippen LogP contribution in [-0.4, -0.2) is 19.6 Å². The van der Waals surface area contributed by atoms with Gasteiger partial charge in [0.1, 0.15) is 5.75 Å². The summed E-state index contributed by atoms with van der Waals surface area (Å²) < 4.78 is 5.04. The summed E-state index contributed by atoms with van der Waals surface area (Å²) >= 11 is 0. The molecule has 0 spiro atoms. The van der Waals surface area contributed by atoms with E-state index in [0.29, 0.717) is 11.4 Å². The van der Waals surface area contributed by atoms with Gasteiger partial charge in [-0.25, -0.2) is 0 Å². The van der Waals surface area contributed by atoms with Gasteiger partial charge in [0.2, 0.25) is 5.91 Å². The average molecular weight is 217 g/mol. The maximum Gasteiger partial charge on any atom is 0.238 e. The first kappa shape index (κ1) is 12.7. The lowest BCUT2D eigenvalue weighted by Gasteiger charge is -2.08. The molecular weight excluding hydrogens is 204 g/mol. The summed E-state index contributed by atoms with van der Waals surface area (Å²) in [6, 6.07) is 7.17. The summed E-state index contributed by atoms with van der Waals surface area (Å²) in [5.41, 5.74) is 5.80. The van der Waals surface area contributed by atoms with E-state index in [4.69, 9.17) is 10.5 Å². The SMILES string of the molecule is COc1ccccc1NC(=O)CN.Cl. The number of nitrogens with two attached hydrogens (primary N) is 1. The Hall–Kier alpha value is -1.26. The molecule has 1 amide bonds. The first-order valence-corrected chi connectivity index (χ1v) is 3.91. The van der Waals surface area contributed by atoms with Crippen LogP contribution >= 0.6 is 12.4 Å². The molecule has 0 heterocycles. The maximum absolute atomic E-state index is 11.0. The van der Waals surface area contributed by atoms with Crippen molar-refractivity contribution in [1.82, 2.24) is 0 Å². The molecule has 0 radical (unpaired) electrons. The zero-order valence-corrected chi connectivity index (χ0v) is 8.64. The van der Waals surface area contributed by atoms with Crippen molar-refractivity contribution in [2.75, 3.05) is 19.0 Å². The topological polar surface area (TPSA) is 64.3 Å². The minimum Gasteiger partial charge on any atom is -0.495 e. The molecule has 1 aromatic rings. The first-order valence-electron chi connectivity index (χ1n) is 3.91. The van der Waals surface area contributed by atoms with Crippen LogP contribution in [0.5, 0.6) is 5.75 Å². The van der Waals surface area contributed by atoms with E-state index in [9.17, 15) is 4.79 Å². The molecule has 0 aliphatic heterocycles. The van der Waals surface area contributed by atoms with E-state index >= 15 is 0 Å². The molecule has 0 aromatic heterocycles. The molecule has 3 N–H and O–H groups in total. The number of halogens is 1. The van der Waals surface area contributed by atoms with E-state index in [1.807, 2.05) is 12.1 Å². The second-order valence-corrected chi connectivity index (χ2v) is 2.45. The van der Waals surface area contributed by atoms with Crippen molar-refractivity contribution in [2.24, 2.45) is 5.73 Å². The summed E-state index contributed by atoms with van der Waals surface area (Å²) in [6.07, 6.45) is 0. The molecule has 0 saturated carbocycles. The van der Waals surface area contributed by atoms with Crippen LogP contribution in [0.15, 0.2) is 24.3 Å². The van der Waals surface area contributed by atoms with E-state index in [1.165, 1.54) is 0 Å². The van der Waals surface area contributed by atoms with Gasteiger partial charge >= 0.3 is 0 Å². The highest BCUT2D eigenvalue weighted by molar-refractivity contribution is 5.93. The lowest BCUT2D eigenvalue weighted by Crippen LogP contribution is -2.22. The van der Waals surface area contributed by atoms with Crippen LogP contribution in [0.25, 0.3) is 0 Å². The van der Waals surface area contributed by atoms with Crippen LogP contribution in [0, 0.1) is 0 Å². The first-order chi connectivity index (χ1) is 6.27. The highest BCUT2D eigenvalue weighted by Crippen LogP contribution is 2.22. The van der Waals surface area contributed by atoms with Gasteiger partial charge in [0.15, 0.2) is 0 Å². The molecule has 0 unspecified atom stereocenters. The zero-order valence-electron chi connectivity index (χ0n) is 7.82. The number of rotatable bonds is 3. The normalized spacial score (nSPS) is 8.71. The molecule has 78 valence electrons. The molecule has 0 saturated heterocycles. The summed E-state index contributed by atoms with van der Waals surface area (Å²) in [6.45, 7) is -0.0297. The van der Waals surface area contributed by atoms with Crippen LogP contribution in [0.4, 0.5) is 5.69 Å². The molecule has 0 aliphatic carbocycles. The summed E-state index contributed by atoms with van der Waals surface area (Å²) in [5.74, 6) is 0.397. The fourth-order valence-corrected chi connectivity index (χ4v) is 0.949. The van der Waals surface area contributed by atoms with Crippen LogP contribution in [0.3, 0.4) is 0 Å². The smallest absolute Gasteiger partial charge is 0.238 e. The molecule has 1 rings (SSSR count). The highest BCUT2D eigenvalue weighted by atomic mass is 35.5. The van der Waals surface area contributed by atoms with Gasteiger partial charge in [-0.2, -0.15) is 0 Å². The number of nitrogens with one attached hydrogen (secondary N) is 1. The highest BCUT2D eigenvalue weighted by Gasteiger charge is 2.03. The standard InChI is InChI=1S/C9H12N2O2.ClH/c1-13-8-5-3-2-4-7(8)11-9(12)6-10;/h2-5H,6,10H2,1H3,(H,11,12);1H. The minimum atomic E-state index is -0.232. The summed E-state index contributed by atoms with van der Waals surface area (Å²) in [4.78, 5) is 11.0. The summed E-state index contributed by atoms with van der Waals surface area (Å²) in [5, 5.41) is 2.62. The van der Waals surface area contributed by atoms with Gasteiger partial charge in [-0.1, -0.05) is 12.1 Å². The Bertz CT molecular complexity index is 305. The van der Waals surface area contributed by atoms with E-state index in [2.05, 4.69) is 5.32 Å².